The van der Waals surface area contributed by atoms with Crippen molar-refractivity contribution >= 4 is 22.8 Å². The van der Waals surface area contributed by atoms with E-state index in [1.165, 1.54) is 0 Å². The third-order valence-electron chi connectivity index (χ3n) is 5.76. The van der Waals surface area contributed by atoms with Gasteiger partial charge in [0.1, 0.15) is 41.3 Å². The van der Waals surface area contributed by atoms with E-state index in [1.54, 1.807) is 25.3 Å². The van der Waals surface area contributed by atoms with Crippen LogP contribution in [0.4, 0.5) is 3.89 Å². The molecule has 3 heterocycles. The molecule has 5 nitrogen and oxygen atoms in total. The molecule has 0 unspecified atom stereocenters. The Morgan fingerprint density at radius 3 is 2.62 bits per heavy atom. The first kappa shape index (κ1) is 22.5. The quantitative estimate of drug-likeness (QED) is 0.528. The van der Waals surface area contributed by atoms with Crippen molar-refractivity contribution in [1.29, 1.82) is 0 Å². The number of aryl methyl sites for hydroxylation is 1. The summed E-state index contributed by atoms with van der Waals surface area (Å²) < 4.78 is 37.5. The largest absolute Gasteiger partial charge is 0.496 e. The molecular weight excluding hydrogens is 431 g/mol. The summed E-state index contributed by atoms with van der Waals surface area (Å²) in [6.45, 7) is 9.87. The van der Waals surface area contributed by atoms with Crippen LogP contribution in [-0.4, -0.2) is 31.2 Å². The van der Waals surface area contributed by atoms with Crippen molar-refractivity contribution in [2.45, 2.75) is 52.2 Å². The highest BCUT2D eigenvalue weighted by Gasteiger charge is 2.45. The first-order valence-corrected chi connectivity index (χ1v) is 11.4. The number of hydrogen-bond donors (Lipinski definition) is 0. The molecule has 3 aliphatic rings. The van der Waals surface area contributed by atoms with Crippen molar-refractivity contribution in [1.82, 2.24) is 0 Å². The summed E-state index contributed by atoms with van der Waals surface area (Å²) in [6, 6.07) is 7.16. The second-order valence-corrected chi connectivity index (χ2v) is 8.87. The van der Waals surface area contributed by atoms with E-state index in [9.17, 15) is 8.68 Å². The van der Waals surface area contributed by atoms with Gasteiger partial charge in [0, 0.05) is 5.56 Å². The van der Waals surface area contributed by atoms with Crippen LogP contribution in [0.15, 0.2) is 30.3 Å². The molecule has 32 heavy (non-hydrogen) atoms. The molecule has 0 saturated carbocycles. The van der Waals surface area contributed by atoms with Crippen LogP contribution in [0.25, 0.3) is 4.91 Å². The Labute approximate surface area is 192 Å². The van der Waals surface area contributed by atoms with E-state index in [2.05, 4.69) is 0 Å². The van der Waals surface area contributed by atoms with Gasteiger partial charge in [-0.1, -0.05) is 13.8 Å². The average molecular weight is 459 g/mol. The third-order valence-corrected chi connectivity index (χ3v) is 6.24. The standard InChI is InChI=1S/C23H21FO5S.C2H6/c1-11-7-16-13(8-15(11)26-4)19-17(10-27-16)28-22-12(21(19)25)5-6-14-20(22)18(30-24)9-23(2,3)29-14;1-2/h5-9,17,19H,10H2,1-4H3;1-2H3/t17-,19+;/m1./s1. The summed E-state index contributed by atoms with van der Waals surface area (Å²) >= 11 is 0.131. The van der Waals surface area contributed by atoms with Crippen LogP contribution < -0.4 is 18.9 Å². The zero-order chi connectivity index (χ0) is 23.2. The van der Waals surface area contributed by atoms with Crippen molar-refractivity contribution in [3.05, 3.63) is 52.6 Å². The molecule has 2 aromatic carbocycles. The highest BCUT2D eigenvalue weighted by molar-refractivity contribution is 8.03. The summed E-state index contributed by atoms with van der Waals surface area (Å²) in [6.07, 6.45) is 1.19. The van der Waals surface area contributed by atoms with E-state index in [1.807, 2.05) is 46.8 Å². The number of benzene rings is 2. The minimum atomic E-state index is -0.655. The molecule has 0 spiro atoms. The number of fused-ring (bicyclic) bond motifs is 6. The van der Waals surface area contributed by atoms with Crippen LogP contribution >= 0.6 is 12.1 Å². The van der Waals surface area contributed by atoms with Gasteiger partial charge in [0.25, 0.3) is 0 Å². The number of carbonyl (C=O) groups is 1. The van der Waals surface area contributed by atoms with Crippen molar-refractivity contribution in [2.24, 2.45) is 0 Å². The number of ether oxygens (including phenoxy) is 4. The van der Waals surface area contributed by atoms with Gasteiger partial charge < -0.3 is 18.9 Å². The van der Waals surface area contributed by atoms with E-state index in [-0.39, 0.29) is 24.5 Å². The van der Waals surface area contributed by atoms with Gasteiger partial charge in [0.15, 0.2) is 5.78 Å². The zero-order valence-corrected chi connectivity index (χ0v) is 19.9. The van der Waals surface area contributed by atoms with Crippen molar-refractivity contribution < 1.29 is 27.6 Å². The van der Waals surface area contributed by atoms with Crippen LogP contribution in [0, 0.1) is 6.92 Å². The molecule has 7 heteroatoms. The molecule has 2 atom stereocenters. The van der Waals surface area contributed by atoms with Crippen LogP contribution in [0.3, 0.4) is 0 Å². The minimum absolute atomic E-state index is 0.0763. The number of rotatable bonds is 2. The summed E-state index contributed by atoms with van der Waals surface area (Å²) in [5.41, 5.74) is 1.93. The summed E-state index contributed by atoms with van der Waals surface area (Å²) in [4.78, 5) is 14.0. The number of hydrogen-bond acceptors (Lipinski definition) is 6. The molecule has 0 aromatic heterocycles. The lowest BCUT2D eigenvalue weighted by Crippen LogP contribution is -2.43. The Balaban J connectivity index is 0.00000119. The van der Waals surface area contributed by atoms with Gasteiger partial charge >= 0.3 is 0 Å². The Hall–Kier alpha value is -2.67. The van der Waals surface area contributed by atoms with Gasteiger partial charge in [-0.05, 0) is 56.7 Å². The number of halogens is 1. The highest BCUT2D eigenvalue weighted by atomic mass is 32.2. The van der Waals surface area contributed by atoms with E-state index < -0.39 is 17.6 Å². The number of methoxy groups -OCH3 is 1. The fourth-order valence-electron chi connectivity index (χ4n) is 4.43. The lowest BCUT2D eigenvalue weighted by atomic mass is 9.80. The molecule has 0 N–H and O–H groups in total. The number of carbonyl (C=O) groups excluding carboxylic acids is 1. The molecule has 0 amide bonds. The predicted octanol–water partition coefficient (Wildman–Crippen LogP) is 6.28. The summed E-state index contributed by atoms with van der Waals surface area (Å²) in [5, 5.41) is 0. The molecule has 0 bridgehead atoms. The molecular formula is C25H27FO5S. The molecule has 0 saturated heterocycles. The number of ketones is 1. The molecule has 5 rings (SSSR count). The molecule has 0 aliphatic carbocycles. The summed E-state index contributed by atoms with van der Waals surface area (Å²) in [5.74, 6) is 1.63. The fraction of sp³-hybridized carbons (Fsp3) is 0.400. The second kappa shape index (κ2) is 8.35. The first-order valence-electron chi connectivity index (χ1n) is 10.7. The SMILES string of the molecule is CC.COc1cc2c(cc1C)OC[C@H]1Oc3c(ccc4c3C(SF)=CC(C)(C)O4)C(=O)[C@@H]21. The third kappa shape index (κ3) is 3.52. The highest BCUT2D eigenvalue weighted by Crippen LogP contribution is 2.52. The lowest BCUT2D eigenvalue weighted by Gasteiger charge is -2.39. The second-order valence-electron chi connectivity index (χ2n) is 8.28. The summed E-state index contributed by atoms with van der Waals surface area (Å²) in [7, 11) is 1.60. The fourth-order valence-corrected chi connectivity index (χ4v) is 5.02. The number of Topliss-reactive ketones (excluding diaryl/α,β-unsaturated/α-hetero) is 1. The minimum Gasteiger partial charge on any atom is -0.496 e. The van der Waals surface area contributed by atoms with Crippen LogP contribution in [0.5, 0.6) is 23.0 Å². The van der Waals surface area contributed by atoms with Crippen molar-refractivity contribution in [3.8, 4) is 23.0 Å². The van der Waals surface area contributed by atoms with Crippen LogP contribution in [-0.2, 0) is 0 Å². The maximum Gasteiger partial charge on any atom is 0.178 e. The van der Waals surface area contributed by atoms with Gasteiger partial charge in [0.2, 0.25) is 0 Å². The maximum absolute atomic E-state index is 13.8. The van der Waals surface area contributed by atoms with Crippen molar-refractivity contribution in [2.75, 3.05) is 13.7 Å². The normalized spacial score (nSPS) is 21.6. The zero-order valence-electron chi connectivity index (χ0n) is 19.1. The van der Waals surface area contributed by atoms with Gasteiger partial charge in [-0.25, -0.2) is 0 Å². The first-order chi connectivity index (χ1) is 15.3. The smallest absolute Gasteiger partial charge is 0.178 e. The van der Waals surface area contributed by atoms with E-state index in [4.69, 9.17) is 18.9 Å². The molecule has 0 radical (unpaired) electrons. The monoisotopic (exact) mass is 458 g/mol. The van der Waals surface area contributed by atoms with E-state index in [0.29, 0.717) is 39.0 Å². The molecule has 3 aliphatic heterocycles. The van der Waals surface area contributed by atoms with E-state index in [0.717, 1.165) is 11.1 Å². The average Bonchev–Trinajstić information content (AvgIpc) is 2.78. The predicted molar refractivity (Wildman–Crippen MR) is 124 cm³/mol. The van der Waals surface area contributed by atoms with Gasteiger partial charge in [-0.2, -0.15) is 3.89 Å². The Bertz CT molecular complexity index is 1110. The topological polar surface area (TPSA) is 54.0 Å². The lowest BCUT2D eigenvalue weighted by molar-refractivity contribution is 0.0553. The van der Waals surface area contributed by atoms with Gasteiger partial charge in [0.05, 0.1) is 41.2 Å². The van der Waals surface area contributed by atoms with Gasteiger partial charge in [-0.15, -0.1) is 0 Å². The molecule has 2 aromatic rings. The molecule has 170 valence electrons. The Kier molecular flexibility index (Phi) is 5.88. The Morgan fingerprint density at radius 1 is 1.19 bits per heavy atom. The molecule has 0 fully saturated rings. The van der Waals surface area contributed by atoms with Crippen LogP contribution in [0.1, 0.15) is 60.7 Å². The van der Waals surface area contributed by atoms with Crippen molar-refractivity contribution in [3.63, 3.8) is 0 Å². The maximum atomic E-state index is 13.8. The Morgan fingerprint density at radius 2 is 1.94 bits per heavy atom. The van der Waals surface area contributed by atoms with E-state index >= 15 is 0 Å². The van der Waals surface area contributed by atoms with Gasteiger partial charge in [-0.3, -0.25) is 4.79 Å². The van der Waals surface area contributed by atoms with Crippen LogP contribution in [0.2, 0.25) is 0 Å².